The third-order valence-electron chi connectivity index (χ3n) is 9.02. The summed E-state index contributed by atoms with van der Waals surface area (Å²) in [7, 11) is 0. The van der Waals surface area contributed by atoms with Gasteiger partial charge in [0.05, 0.1) is 119 Å². The van der Waals surface area contributed by atoms with Gasteiger partial charge in [-0.05, 0) is 97.1 Å². The Morgan fingerprint density at radius 1 is 0.274 bits per heavy atom. The van der Waals surface area contributed by atoms with Crippen molar-refractivity contribution < 1.29 is 81.5 Å². The summed E-state index contributed by atoms with van der Waals surface area (Å²) in [5.41, 5.74) is 0.999. The summed E-state index contributed by atoms with van der Waals surface area (Å²) in [5.74, 6) is -1.27. The molecule has 0 aromatic heterocycles. The van der Waals surface area contributed by atoms with Crippen LogP contribution in [-0.2, 0) is 42.6 Å². The molecule has 0 radical (unpaired) electrons. The minimum atomic E-state index is -0.652. The van der Waals surface area contributed by atoms with Crippen molar-refractivity contribution in [3.8, 4) is 23.0 Å². The lowest BCUT2D eigenvalue weighted by Gasteiger charge is -2.09. The van der Waals surface area contributed by atoms with Gasteiger partial charge >= 0.3 is 0 Å². The molecule has 4 aromatic carbocycles. The van der Waals surface area contributed by atoms with Gasteiger partial charge in [0.15, 0.2) is 0 Å². The molecular formula is C52H66Br4O17. The van der Waals surface area contributed by atoms with Crippen molar-refractivity contribution in [2.45, 2.75) is 0 Å². The van der Waals surface area contributed by atoms with E-state index in [1.807, 2.05) is 0 Å². The van der Waals surface area contributed by atoms with Crippen molar-refractivity contribution in [1.82, 2.24) is 0 Å². The average molecular weight is 1280 g/mol. The number of phenols is 2. The molecule has 0 saturated carbocycles. The molecule has 0 atom stereocenters. The molecule has 2 N–H and O–H groups in total. The smallest absolute Gasteiger partial charge is 0.233 e. The lowest BCUT2D eigenvalue weighted by molar-refractivity contribution is 0.0118. The number of ether oxygens (including phenoxy) is 11. The van der Waals surface area contributed by atoms with E-state index in [1.54, 1.807) is 48.5 Å². The van der Waals surface area contributed by atoms with E-state index in [-0.39, 0.29) is 33.8 Å². The zero-order valence-corrected chi connectivity index (χ0v) is 47.1. The molecule has 17 nitrogen and oxygen atoms in total. The van der Waals surface area contributed by atoms with Gasteiger partial charge in [-0.15, -0.1) is 0 Å². The van der Waals surface area contributed by atoms with Gasteiger partial charge in [-0.3, -0.25) is 19.2 Å². The van der Waals surface area contributed by atoms with Crippen molar-refractivity contribution in [1.29, 1.82) is 0 Å². The Labute approximate surface area is 461 Å². The fraction of sp³-hybridized carbons (Fsp3) is 0.462. The normalized spacial score (nSPS) is 10.7. The first-order chi connectivity index (χ1) is 35.6. The van der Waals surface area contributed by atoms with Gasteiger partial charge in [-0.1, -0.05) is 63.7 Å². The molecule has 0 aliphatic heterocycles. The minimum Gasteiger partial charge on any atom is -0.508 e. The van der Waals surface area contributed by atoms with Crippen LogP contribution in [-0.4, -0.2) is 187 Å². The number of benzene rings is 4. The predicted octanol–water partition coefficient (Wildman–Crippen LogP) is 8.39. The first-order valence-corrected chi connectivity index (χ1v) is 27.8. The summed E-state index contributed by atoms with van der Waals surface area (Å²) < 4.78 is 59.2. The first-order valence-electron chi connectivity index (χ1n) is 23.3. The number of rotatable bonds is 40. The summed E-state index contributed by atoms with van der Waals surface area (Å²) >= 11 is 13.1. The van der Waals surface area contributed by atoms with Crippen LogP contribution in [0.15, 0.2) is 97.1 Å². The molecule has 73 heavy (non-hydrogen) atoms. The van der Waals surface area contributed by atoms with Crippen LogP contribution in [0.2, 0.25) is 0 Å². The Kier molecular flexibility index (Phi) is 40.0. The maximum Gasteiger partial charge on any atom is 0.233 e. The van der Waals surface area contributed by atoms with Crippen LogP contribution >= 0.6 is 63.7 Å². The van der Waals surface area contributed by atoms with E-state index in [9.17, 15) is 19.2 Å². The predicted molar refractivity (Wildman–Crippen MR) is 290 cm³/mol. The van der Waals surface area contributed by atoms with Crippen LogP contribution in [0.1, 0.15) is 41.4 Å². The molecule has 0 bridgehead atoms. The number of halogens is 4. The molecule has 0 amide bonds. The standard InChI is InChI=1S/C30H40Br2O10.C14H10O4.C8H16Br2O3/c31-9-11-35-13-15-37-17-19-39-21-23-41-27-5-1-25(2-6-27)29(33)30(34)26-3-7-28(8-4-26)42-24-22-40-20-18-38-16-14-36-12-10-32;15-11-5-1-9(2-6-11)13(17)14(18)10-3-7-12(16)8-4-10;9-1-3-11-5-7-13-8-6-12-4-2-10/h1-8H,9-24H2;1-8,15-16H;1-8H2. The number of Topliss-reactive ketones (excluding diaryl/α,β-unsaturated/α-hetero) is 4. The number of aromatic hydroxyl groups is 2. The van der Waals surface area contributed by atoms with Crippen molar-refractivity contribution in [3.05, 3.63) is 119 Å². The highest BCUT2D eigenvalue weighted by Gasteiger charge is 2.19. The molecule has 0 unspecified atom stereocenters. The molecule has 0 aliphatic rings. The minimum absolute atomic E-state index is 0.0311. The van der Waals surface area contributed by atoms with E-state index in [0.717, 1.165) is 34.5 Å². The van der Waals surface area contributed by atoms with E-state index in [1.165, 1.54) is 48.5 Å². The number of hydrogen-bond acceptors (Lipinski definition) is 17. The molecule has 0 aliphatic carbocycles. The first kappa shape index (κ1) is 65.4. The number of ketones is 4. The summed E-state index contributed by atoms with van der Waals surface area (Å²) in [6.45, 7) is 11.0. The van der Waals surface area contributed by atoms with E-state index in [0.29, 0.717) is 130 Å². The summed E-state index contributed by atoms with van der Waals surface area (Å²) in [4.78, 5) is 49.1. The largest absolute Gasteiger partial charge is 0.508 e. The van der Waals surface area contributed by atoms with E-state index >= 15 is 0 Å². The summed E-state index contributed by atoms with van der Waals surface area (Å²) in [6.07, 6.45) is 0. The van der Waals surface area contributed by atoms with Gasteiger partial charge in [-0.25, -0.2) is 0 Å². The second-order valence-corrected chi connectivity index (χ2v) is 17.6. The second kappa shape index (κ2) is 44.6. The van der Waals surface area contributed by atoms with Crippen molar-refractivity contribution in [2.75, 3.05) is 153 Å². The van der Waals surface area contributed by atoms with Crippen LogP contribution in [0.3, 0.4) is 0 Å². The van der Waals surface area contributed by atoms with Crippen molar-refractivity contribution in [2.24, 2.45) is 0 Å². The number of alkyl halides is 4. The van der Waals surface area contributed by atoms with Gasteiger partial charge < -0.3 is 62.3 Å². The quantitative estimate of drug-likeness (QED) is 0.0185. The molecule has 404 valence electrons. The Hall–Kier alpha value is -3.68. The Morgan fingerprint density at radius 3 is 0.658 bits per heavy atom. The second-order valence-electron chi connectivity index (χ2n) is 14.4. The number of phenolic OH excluding ortho intramolecular Hbond substituents is 2. The lowest BCUT2D eigenvalue weighted by Crippen LogP contribution is -2.15. The van der Waals surface area contributed by atoms with Crippen LogP contribution in [0.25, 0.3) is 0 Å². The zero-order chi connectivity index (χ0) is 53.0. The van der Waals surface area contributed by atoms with Crippen LogP contribution in [0.5, 0.6) is 23.0 Å². The number of hydrogen-bond donors (Lipinski definition) is 2. The Balaban J connectivity index is 0.000000477. The maximum atomic E-state index is 12.7. The van der Waals surface area contributed by atoms with Gasteiger partial charge in [-0.2, -0.15) is 0 Å². The Morgan fingerprint density at radius 2 is 0.452 bits per heavy atom. The summed E-state index contributed by atoms with van der Waals surface area (Å²) in [6, 6.07) is 23.8. The topological polar surface area (TPSA) is 210 Å². The van der Waals surface area contributed by atoms with Crippen LogP contribution < -0.4 is 9.47 Å². The number of carbonyl (C=O) groups is 4. The summed E-state index contributed by atoms with van der Waals surface area (Å²) in [5, 5.41) is 21.6. The molecule has 0 saturated heterocycles. The molecule has 4 aromatic rings. The zero-order valence-electron chi connectivity index (χ0n) is 40.7. The highest BCUT2D eigenvalue weighted by Crippen LogP contribution is 2.18. The molecule has 21 heteroatoms. The van der Waals surface area contributed by atoms with Gasteiger partial charge in [0.1, 0.15) is 36.2 Å². The Bertz CT molecular complexity index is 1880. The SMILES string of the molecule is BrCCOCCOCCOCCBr.O=C(C(=O)c1ccc(O)cc1)c1ccc(O)cc1.O=C(C(=O)c1ccc(OCCOCCOCCOCCBr)cc1)c1ccc(OCCOCCOCCOCCBr)cc1. The highest BCUT2D eigenvalue weighted by atomic mass is 79.9. The lowest BCUT2D eigenvalue weighted by atomic mass is 10.0. The van der Waals surface area contributed by atoms with Gasteiger partial charge in [0.2, 0.25) is 23.1 Å². The molecule has 0 spiro atoms. The molecule has 4 rings (SSSR count). The van der Waals surface area contributed by atoms with Crippen LogP contribution in [0, 0.1) is 0 Å². The molecule has 0 fully saturated rings. The van der Waals surface area contributed by atoms with E-state index in [2.05, 4.69) is 63.7 Å². The van der Waals surface area contributed by atoms with Crippen molar-refractivity contribution in [3.63, 3.8) is 0 Å². The third kappa shape index (κ3) is 32.4. The van der Waals surface area contributed by atoms with Crippen LogP contribution in [0.4, 0.5) is 0 Å². The van der Waals surface area contributed by atoms with E-state index < -0.39 is 23.1 Å². The fourth-order valence-electron chi connectivity index (χ4n) is 5.44. The van der Waals surface area contributed by atoms with Crippen molar-refractivity contribution >= 4 is 86.9 Å². The monoisotopic (exact) mass is 1280 g/mol. The van der Waals surface area contributed by atoms with E-state index in [4.69, 9.17) is 62.3 Å². The maximum absolute atomic E-state index is 12.7. The highest BCUT2D eigenvalue weighted by molar-refractivity contribution is 9.09. The van der Waals surface area contributed by atoms with Gasteiger partial charge in [0, 0.05) is 43.6 Å². The molecule has 0 heterocycles. The third-order valence-corrected chi connectivity index (χ3v) is 10.3. The molecular weight excluding hydrogens is 1220 g/mol. The number of carbonyl (C=O) groups excluding carboxylic acids is 4. The average Bonchev–Trinajstić information content (AvgIpc) is 3.41. The van der Waals surface area contributed by atoms with Gasteiger partial charge in [0.25, 0.3) is 0 Å². The fourth-order valence-corrected chi connectivity index (χ4v) is 6.35.